The lowest BCUT2D eigenvalue weighted by Crippen LogP contribution is -2.28. The second-order valence-electron chi connectivity index (χ2n) is 7.00. The first kappa shape index (κ1) is 23.6. The summed E-state index contributed by atoms with van der Waals surface area (Å²) in [6.07, 6.45) is 0. The van der Waals surface area contributed by atoms with Gasteiger partial charge >= 0.3 is 0 Å². The highest BCUT2D eigenvalue weighted by Gasteiger charge is 2.25. The molecule has 0 heterocycles. The fraction of sp³-hybridized carbons (Fsp3) is 0.136. The van der Waals surface area contributed by atoms with E-state index >= 15 is 0 Å². The number of rotatable bonds is 6. The number of hydrogen-bond donors (Lipinski definition) is 0. The quantitative estimate of drug-likeness (QED) is 0.504. The van der Waals surface area contributed by atoms with Gasteiger partial charge in [0.15, 0.2) is 11.6 Å². The van der Waals surface area contributed by atoms with Crippen molar-refractivity contribution in [2.45, 2.75) is 11.4 Å². The molecule has 5 nitrogen and oxygen atoms in total. The van der Waals surface area contributed by atoms with Crippen LogP contribution in [0.2, 0.25) is 5.02 Å². The Bertz CT molecular complexity index is 1270. The lowest BCUT2D eigenvalue weighted by Gasteiger charge is -2.21. The van der Waals surface area contributed by atoms with Crippen LogP contribution in [0.25, 0.3) is 0 Å². The van der Waals surface area contributed by atoms with Crippen LogP contribution in [0, 0.1) is 17.5 Å². The molecule has 3 aromatic carbocycles. The zero-order valence-electron chi connectivity index (χ0n) is 17.0. The van der Waals surface area contributed by atoms with Crippen LogP contribution in [0.5, 0.6) is 0 Å². The van der Waals surface area contributed by atoms with Gasteiger partial charge in [-0.1, -0.05) is 17.7 Å². The van der Waals surface area contributed by atoms with Gasteiger partial charge in [0.05, 0.1) is 21.2 Å². The number of carbonyl (C=O) groups is 1. The molecule has 10 heteroatoms. The maximum absolute atomic E-state index is 13.4. The van der Waals surface area contributed by atoms with Gasteiger partial charge in [0.2, 0.25) is 0 Å². The zero-order valence-corrected chi connectivity index (χ0v) is 18.6. The van der Waals surface area contributed by atoms with Crippen molar-refractivity contribution in [3.05, 3.63) is 94.3 Å². The van der Waals surface area contributed by atoms with Crippen LogP contribution in [-0.4, -0.2) is 33.3 Å². The van der Waals surface area contributed by atoms with Gasteiger partial charge in [-0.15, -0.1) is 0 Å². The topological polar surface area (TPSA) is 57.7 Å². The van der Waals surface area contributed by atoms with Crippen LogP contribution in [-0.2, 0) is 16.6 Å². The number of amides is 1. The van der Waals surface area contributed by atoms with E-state index in [0.717, 1.165) is 34.6 Å². The molecule has 0 aliphatic carbocycles. The summed E-state index contributed by atoms with van der Waals surface area (Å²) >= 11 is 6.14. The van der Waals surface area contributed by atoms with Crippen LogP contribution in [0.15, 0.2) is 65.6 Å². The molecule has 0 radical (unpaired) electrons. The first-order valence-corrected chi connectivity index (χ1v) is 11.1. The van der Waals surface area contributed by atoms with Crippen molar-refractivity contribution < 1.29 is 26.4 Å². The van der Waals surface area contributed by atoms with Gasteiger partial charge in [-0.05, 0) is 60.2 Å². The first-order chi connectivity index (χ1) is 15.0. The maximum Gasteiger partial charge on any atom is 0.264 e. The number of hydrogen-bond acceptors (Lipinski definition) is 3. The highest BCUT2D eigenvalue weighted by Crippen LogP contribution is 2.27. The molecule has 0 unspecified atom stereocenters. The number of carbonyl (C=O) groups excluding carboxylic acids is 1. The second-order valence-corrected chi connectivity index (χ2v) is 9.38. The molecule has 0 aromatic heterocycles. The average molecular weight is 483 g/mol. The summed E-state index contributed by atoms with van der Waals surface area (Å²) in [6, 6.07) is 11.8. The number of sulfonamides is 1. The molecule has 0 bridgehead atoms. The van der Waals surface area contributed by atoms with Gasteiger partial charge in [-0.3, -0.25) is 9.10 Å². The van der Waals surface area contributed by atoms with Gasteiger partial charge in [0.1, 0.15) is 5.82 Å². The number of halogens is 4. The van der Waals surface area contributed by atoms with Crippen LogP contribution >= 0.6 is 11.6 Å². The third-order valence-electron chi connectivity index (χ3n) is 4.77. The van der Waals surface area contributed by atoms with Crippen molar-refractivity contribution in [2.24, 2.45) is 0 Å². The Hall–Kier alpha value is -3.04. The third-order valence-corrected chi connectivity index (χ3v) is 6.88. The van der Waals surface area contributed by atoms with Crippen molar-refractivity contribution in [2.75, 3.05) is 18.4 Å². The molecule has 32 heavy (non-hydrogen) atoms. The SMILES string of the molecule is CN(Cc1ccc(F)c(F)c1)C(=O)c1cc(S(=O)(=O)N(C)c2ccc(F)cc2)ccc1Cl. The van der Waals surface area contributed by atoms with Crippen molar-refractivity contribution in [3.8, 4) is 0 Å². The fourth-order valence-electron chi connectivity index (χ4n) is 2.97. The minimum Gasteiger partial charge on any atom is -0.337 e. The summed E-state index contributed by atoms with van der Waals surface area (Å²) < 4.78 is 66.7. The minimum absolute atomic E-state index is 0.0236. The molecule has 0 saturated carbocycles. The molecule has 3 rings (SSSR count). The molecular weight excluding hydrogens is 465 g/mol. The van der Waals surface area contributed by atoms with Crippen molar-refractivity contribution in [1.82, 2.24) is 4.90 Å². The number of anilines is 1. The summed E-state index contributed by atoms with van der Waals surface area (Å²) in [5, 5.41) is 0.0236. The summed E-state index contributed by atoms with van der Waals surface area (Å²) in [5.74, 6) is -3.17. The summed E-state index contributed by atoms with van der Waals surface area (Å²) in [6.45, 7) is -0.0567. The molecule has 1 amide bonds. The molecule has 0 atom stereocenters. The Morgan fingerprint density at radius 2 is 1.56 bits per heavy atom. The second kappa shape index (κ2) is 9.22. The lowest BCUT2D eigenvalue weighted by molar-refractivity contribution is 0.0785. The van der Waals surface area contributed by atoms with E-state index in [1.54, 1.807) is 0 Å². The van der Waals surface area contributed by atoms with Gasteiger partial charge < -0.3 is 4.90 Å². The third kappa shape index (κ3) is 4.89. The normalized spacial score (nSPS) is 11.3. The summed E-state index contributed by atoms with van der Waals surface area (Å²) in [7, 11) is -1.36. The van der Waals surface area contributed by atoms with E-state index in [9.17, 15) is 26.4 Å². The number of nitrogens with zero attached hydrogens (tertiary/aromatic N) is 2. The van der Waals surface area contributed by atoms with Crippen LogP contribution in [0.3, 0.4) is 0 Å². The van der Waals surface area contributed by atoms with Crippen LogP contribution < -0.4 is 4.31 Å². The zero-order chi connectivity index (χ0) is 23.6. The Morgan fingerprint density at radius 3 is 2.19 bits per heavy atom. The molecule has 168 valence electrons. The Kier molecular flexibility index (Phi) is 6.80. The Balaban J connectivity index is 1.89. The molecule has 0 saturated heterocycles. The predicted molar refractivity (Wildman–Crippen MR) is 116 cm³/mol. The average Bonchev–Trinajstić information content (AvgIpc) is 2.76. The smallest absolute Gasteiger partial charge is 0.264 e. The Labute approximate surface area is 188 Å². The van der Waals surface area contributed by atoms with Gasteiger partial charge in [-0.2, -0.15) is 0 Å². The Morgan fingerprint density at radius 1 is 0.906 bits per heavy atom. The molecule has 0 aliphatic heterocycles. The standard InChI is InChI=1S/C22H18ClF3N2O3S/c1-27(13-14-3-10-20(25)21(26)11-14)22(29)18-12-17(8-9-19(18)23)32(30,31)28(2)16-6-4-15(24)5-7-16/h3-12H,13H2,1-2H3. The first-order valence-electron chi connectivity index (χ1n) is 9.24. The van der Waals surface area contributed by atoms with Gasteiger partial charge in [0.25, 0.3) is 15.9 Å². The molecule has 3 aromatic rings. The summed E-state index contributed by atoms with van der Waals surface area (Å²) in [5.41, 5.74) is 0.491. The van der Waals surface area contributed by atoms with E-state index in [1.807, 2.05) is 0 Å². The van der Waals surface area contributed by atoms with Gasteiger partial charge in [0, 0.05) is 20.6 Å². The van der Waals surface area contributed by atoms with Crippen molar-refractivity contribution in [1.29, 1.82) is 0 Å². The maximum atomic E-state index is 13.4. The molecule has 0 aliphatic rings. The number of benzene rings is 3. The van der Waals surface area contributed by atoms with E-state index in [4.69, 9.17) is 11.6 Å². The predicted octanol–water partition coefficient (Wildman–Crippen LogP) is 4.85. The van der Waals surface area contributed by atoms with Crippen LogP contribution in [0.4, 0.5) is 18.9 Å². The lowest BCUT2D eigenvalue weighted by atomic mass is 10.1. The largest absolute Gasteiger partial charge is 0.337 e. The van der Waals surface area contributed by atoms with Crippen LogP contribution in [0.1, 0.15) is 15.9 Å². The highest BCUT2D eigenvalue weighted by atomic mass is 35.5. The summed E-state index contributed by atoms with van der Waals surface area (Å²) in [4.78, 5) is 13.9. The van der Waals surface area contributed by atoms with Crippen molar-refractivity contribution >= 4 is 33.2 Å². The molecule has 0 spiro atoms. The molecular formula is C22H18ClF3N2O3S. The fourth-order valence-corrected chi connectivity index (χ4v) is 4.39. The molecule has 0 fully saturated rings. The van der Waals surface area contributed by atoms with E-state index in [2.05, 4.69) is 0 Å². The monoisotopic (exact) mass is 482 g/mol. The van der Waals surface area contributed by atoms with E-state index < -0.39 is 33.4 Å². The van der Waals surface area contributed by atoms with E-state index in [-0.39, 0.29) is 27.7 Å². The van der Waals surface area contributed by atoms with Gasteiger partial charge in [-0.25, -0.2) is 21.6 Å². The highest BCUT2D eigenvalue weighted by molar-refractivity contribution is 7.92. The minimum atomic E-state index is -4.08. The van der Waals surface area contributed by atoms with E-state index in [0.29, 0.717) is 5.56 Å². The van der Waals surface area contributed by atoms with E-state index in [1.165, 1.54) is 49.3 Å². The van der Waals surface area contributed by atoms with Crippen molar-refractivity contribution in [3.63, 3.8) is 0 Å². The molecule has 0 N–H and O–H groups in total.